The third-order valence-electron chi connectivity index (χ3n) is 5.37. The number of halogens is 3. The summed E-state index contributed by atoms with van der Waals surface area (Å²) in [6.07, 6.45) is 0. The smallest absolute Gasteiger partial charge is 0.488 e. The topological polar surface area (TPSA) is 123 Å². The molecule has 0 bridgehead atoms. The second-order valence-corrected chi connectivity index (χ2v) is 11.9. The molecule has 45 heavy (non-hydrogen) atoms. The van der Waals surface area contributed by atoms with E-state index in [1.807, 2.05) is 12.1 Å². The molecule has 0 radical (unpaired) electrons. The van der Waals surface area contributed by atoms with Crippen LogP contribution in [0.1, 0.15) is 24.0 Å². The summed E-state index contributed by atoms with van der Waals surface area (Å²) in [7, 11) is 1.84. The van der Waals surface area contributed by atoms with Crippen molar-refractivity contribution in [1.29, 1.82) is 0 Å². The zero-order valence-corrected chi connectivity index (χ0v) is 32.4. The molecular weight excluding hydrogens is 916 g/mol. The van der Waals surface area contributed by atoms with Crippen molar-refractivity contribution in [2.24, 2.45) is 0 Å². The Hall–Kier alpha value is -2.24. The van der Waals surface area contributed by atoms with E-state index in [0.717, 1.165) is 21.6 Å². The molecule has 13 heteroatoms. The summed E-state index contributed by atoms with van der Waals surface area (Å²) in [6, 6.07) is 27.2. The molecule has 1 heterocycles. The number of aryl methyl sites for hydroxylation is 3. The minimum absolute atomic E-state index is 0. The molecule has 0 saturated heterocycles. The number of aliphatic carboxylic acids is 1. The standard InChI is InChI=1S/C14H13BrO.C7H9BO3.C7H6BrI.C2H3O2.C2H4O2.Pd/c1-10-9-12(15)5-8-14(10)11-3-6-13(16-2)7-4-11;1-11-7-4-2-6(3-5-7)8(9)10;1-5-4-6(8)2-3-7(5)9;1-2-3-4-2;1-2(3)4;/h3-9H,1-2H3;2-5,9-10H,1H3;2-4H,1H3;1H3;1H3,(H,3,4);/q;;;-1;;. The van der Waals surface area contributed by atoms with Crippen LogP contribution in [0.2, 0.25) is 0 Å². The maximum Gasteiger partial charge on any atom is 0.488 e. The maximum atomic E-state index is 9.00. The van der Waals surface area contributed by atoms with Crippen molar-refractivity contribution in [1.82, 2.24) is 0 Å². The van der Waals surface area contributed by atoms with E-state index >= 15 is 0 Å². The van der Waals surface area contributed by atoms with Gasteiger partial charge in [0, 0.05) is 45.8 Å². The minimum Gasteiger partial charge on any atom is -0.497 e. The number of rotatable bonds is 4. The first-order chi connectivity index (χ1) is 20.8. The van der Waals surface area contributed by atoms with Gasteiger partial charge in [-0.05, 0) is 119 Å². The zero-order valence-electron chi connectivity index (χ0n) is 25.5. The molecule has 5 aromatic rings. The summed E-state index contributed by atoms with van der Waals surface area (Å²) in [5.41, 5.74) is 5.52. The van der Waals surface area contributed by atoms with Gasteiger partial charge in [-0.3, -0.25) is 4.79 Å². The van der Waals surface area contributed by atoms with Crippen LogP contribution >= 0.6 is 54.5 Å². The van der Waals surface area contributed by atoms with Crippen molar-refractivity contribution >= 4 is 73.0 Å². The molecule has 8 nitrogen and oxygen atoms in total. The van der Waals surface area contributed by atoms with Crippen LogP contribution in [0.25, 0.3) is 11.1 Å². The van der Waals surface area contributed by atoms with Gasteiger partial charge in [0.25, 0.3) is 5.97 Å². The summed E-state index contributed by atoms with van der Waals surface area (Å²) in [4.78, 5) is 9.00. The van der Waals surface area contributed by atoms with Gasteiger partial charge in [0.1, 0.15) is 11.5 Å². The molecule has 3 N–H and O–H groups in total. The van der Waals surface area contributed by atoms with Crippen LogP contribution in [0, 0.1) is 24.3 Å². The molecule has 246 valence electrons. The fourth-order valence-electron chi connectivity index (χ4n) is 3.15. The Morgan fingerprint density at radius 1 is 0.800 bits per heavy atom. The van der Waals surface area contributed by atoms with E-state index in [-0.39, 0.29) is 20.4 Å². The van der Waals surface area contributed by atoms with E-state index < -0.39 is 13.1 Å². The quantitative estimate of drug-likeness (QED) is 0.0715. The normalized spacial score (nSPS) is 9.22. The number of carboxylic acid groups (broad SMARTS) is 1. The predicted molar refractivity (Wildman–Crippen MR) is 190 cm³/mol. The Balaban J connectivity index is 0.000000585. The van der Waals surface area contributed by atoms with Crippen molar-refractivity contribution < 1.29 is 59.0 Å². The summed E-state index contributed by atoms with van der Waals surface area (Å²) < 4.78 is 21.9. The van der Waals surface area contributed by atoms with E-state index in [9.17, 15) is 0 Å². The Bertz CT molecular complexity index is 1500. The molecule has 0 aliphatic rings. The third-order valence-corrected chi connectivity index (χ3v) is 7.57. The Morgan fingerprint density at radius 3 is 1.53 bits per heavy atom. The number of hydrogen-bond donors (Lipinski definition) is 3. The van der Waals surface area contributed by atoms with Crippen LogP contribution in [0.5, 0.6) is 11.5 Å². The average molecular weight is 952 g/mol. The third kappa shape index (κ3) is 19.1. The molecule has 0 fully saturated rings. The van der Waals surface area contributed by atoms with Crippen molar-refractivity contribution in [3.8, 4) is 22.6 Å². The van der Waals surface area contributed by atoms with Gasteiger partial charge in [0.2, 0.25) is 0 Å². The molecular formula is C32H35BBr2IO8Pd-. The monoisotopic (exact) mass is 949 g/mol. The van der Waals surface area contributed by atoms with Crippen molar-refractivity contribution in [2.75, 3.05) is 14.2 Å². The molecule has 0 unspecified atom stereocenters. The largest absolute Gasteiger partial charge is 0.497 e. The number of carboxylic acids is 1. The van der Waals surface area contributed by atoms with Gasteiger partial charge in [-0.15, -0.1) is 6.92 Å². The minimum atomic E-state index is -1.40. The fourth-order valence-corrected chi connectivity index (χ4v) is 4.43. The first kappa shape index (κ1) is 42.8. The summed E-state index contributed by atoms with van der Waals surface area (Å²) in [5, 5.41) is 24.8. The first-order valence-electron chi connectivity index (χ1n) is 13.0. The van der Waals surface area contributed by atoms with E-state index in [0.29, 0.717) is 17.2 Å². The molecule has 4 aromatic carbocycles. The molecule has 0 aliphatic heterocycles. The van der Waals surface area contributed by atoms with E-state index in [2.05, 4.69) is 126 Å². The molecule has 0 amide bonds. The summed E-state index contributed by atoms with van der Waals surface area (Å²) in [6.45, 7) is 7.05. The van der Waals surface area contributed by atoms with Gasteiger partial charge < -0.3 is 33.8 Å². The van der Waals surface area contributed by atoms with Crippen LogP contribution in [0.15, 0.2) is 103 Å². The number of hydrogen-bond acceptors (Lipinski definition) is 7. The van der Waals surface area contributed by atoms with Crippen LogP contribution in [0.4, 0.5) is 0 Å². The molecule has 0 atom stereocenters. The number of ether oxygens (including phenoxy) is 2. The van der Waals surface area contributed by atoms with Crippen molar-refractivity contribution in [3.05, 3.63) is 115 Å². The Morgan fingerprint density at radius 2 is 1.20 bits per heavy atom. The molecule has 1 aromatic heterocycles. The molecule has 0 saturated carbocycles. The van der Waals surface area contributed by atoms with E-state index in [1.54, 1.807) is 45.4 Å². The molecule has 5 rings (SSSR count). The Kier molecular flexibility index (Phi) is 22.0. The Labute approximate surface area is 308 Å². The van der Waals surface area contributed by atoms with Gasteiger partial charge in [-0.1, -0.05) is 62.2 Å². The van der Waals surface area contributed by atoms with Gasteiger partial charge in [0.15, 0.2) is 0 Å². The second kappa shape index (κ2) is 23.1. The molecule has 0 aliphatic carbocycles. The van der Waals surface area contributed by atoms with Crippen molar-refractivity contribution in [2.45, 2.75) is 27.7 Å². The summed E-state index contributed by atoms with van der Waals surface area (Å²) in [5.74, 6) is 1.42. The second-order valence-electron chi connectivity index (χ2n) is 8.91. The van der Waals surface area contributed by atoms with Crippen LogP contribution in [-0.4, -0.2) is 42.5 Å². The number of carbonyl (C=O) groups is 1. The van der Waals surface area contributed by atoms with Gasteiger partial charge in [0.05, 0.1) is 14.2 Å². The average Bonchev–Trinajstić information content (AvgIpc) is 3.78. The zero-order chi connectivity index (χ0) is 33.2. The van der Waals surface area contributed by atoms with Crippen LogP contribution in [-0.2, 0) is 25.2 Å². The predicted octanol–water partition coefficient (Wildman–Crippen LogP) is 8.16. The summed E-state index contributed by atoms with van der Waals surface area (Å²) >= 11 is 9.18. The first-order valence-corrected chi connectivity index (χ1v) is 15.6. The van der Waals surface area contributed by atoms with E-state index in [4.69, 9.17) is 29.4 Å². The maximum absolute atomic E-state index is 9.00. The number of benzene rings is 4. The fraction of sp³-hybridized carbons (Fsp3) is 0.188. The SMILES string of the molecule is CC(=O)O.COc1ccc(-c2ccc(Br)cc2C)cc1.COc1ccc(B(O)O)cc1.C[c-]1oo1.Cc1cc(Br)ccc1I.[Pd]. The van der Waals surface area contributed by atoms with Gasteiger partial charge >= 0.3 is 7.12 Å². The molecule has 0 spiro atoms. The van der Waals surface area contributed by atoms with E-state index in [1.165, 1.54) is 25.8 Å². The van der Waals surface area contributed by atoms with Gasteiger partial charge in [-0.25, -0.2) is 0 Å². The van der Waals surface area contributed by atoms with Crippen LogP contribution in [0.3, 0.4) is 0 Å². The van der Waals surface area contributed by atoms with Crippen LogP contribution < -0.4 is 14.9 Å². The van der Waals surface area contributed by atoms with Gasteiger partial charge in [-0.2, -0.15) is 0 Å². The van der Waals surface area contributed by atoms with Crippen molar-refractivity contribution in [3.63, 3.8) is 0 Å². The number of methoxy groups -OCH3 is 2.